The van der Waals surface area contributed by atoms with Gasteiger partial charge in [0.25, 0.3) is 0 Å². The van der Waals surface area contributed by atoms with Crippen molar-refractivity contribution in [2.75, 3.05) is 11.4 Å². The van der Waals surface area contributed by atoms with Crippen molar-refractivity contribution >= 4 is 16.9 Å². The van der Waals surface area contributed by atoms with E-state index < -0.39 is 11.7 Å². The average Bonchev–Trinajstić information content (AvgIpc) is 3.58. The maximum atomic E-state index is 13.1. The summed E-state index contributed by atoms with van der Waals surface area (Å²) in [5.74, 6) is 0.268. The van der Waals surface area contributed by atoms with Gasteiger partial charge in [-0.3, -0.25) is 4.98 Å². The number of fused-ring (bicyclic) bond motifs is 2. The molecule has 1 aromatic carbocycles. The second-order valence-corrected chi connectivity index (χ2v) is 9.78. The van der Waals surface area contributed by atoms with Crippen molar-refractivity contribution in [3.05, 3.63) is 82.7 Å². The van der Waals surface area contributed by atoms with Crippen LogP contribution in [0, 0.1) is 6.92 Å². The third kappa shape index (κ3) is 4.24. The summed E-state index contributed by atoms with van der Waals surface area (Å²) in [6.07, 6.45) is 3.34. The van der Waals surface area contributed by atoms with Gasteiger partial charge in [0.2, 0.25) is 5.95 Å². The summed E-state index contributed by atoms with van der Waals surface area (Å²) >= 11 is 0. The molecule has 1 aliphatic rings. The Labute approximate surface area is 223 Å². The fraction of sp³-hybridized carbons (Fsp3) is 0.310. The molecule has 4 aromatic heterocycles. The number of benzene rings is 1. The van der Waals surface area contributed by atoms with Crippen LogP contribution >= 0.6 is 0 Å². The van der Waals surface area contributed by atoms with E-state index in [-0.39, 0.29) is 5.95 Å². The highest BCUT2D eigenvalue weighted by Crippen LogP contribution is 2.39. The number of hydrogen-bond acceptors (Lipinski definition) is 5. The molecular formula is C29H28F3N7. The molecule has 1 aliphatic heterocycles. The van der Waals surface area contributed by atoms with Crippen molar-refractivity contribution in [1.29, 1.82) is 0 Å². The maximum Gasteiger partial charge on any atom is 0.419 e. The van der Waals surface area contributed by atoms with Gasteiger partial charge in [0.05, 0.1) is 33.8 Å². The first-order valence-electron chi connectivity index (χ1n) is 13.1. The Bertz CT molecular complexity index is 1640. The largest absolute Gasteiger partial charge is 0.419 e. The number of aromatic amines is 1. The van der Waals surface area contributed by atoms with Gasteiger partial charge in [0, 0.05) is 60.8 Å². The number of nitrogens with one attached hydrogen (secondary N) is 1. The molecule has 0 amide bonds. The van der Waals surface area contributed by atoms with Gasteiger partial charge in [0.15, 0.2) is 0 Å². The van der Waals surface area contributed by atoms with Crippen LogP contribution in [0.4, 0.5) is 19.1 Å². The maximum absolute atomic E-state index is 13.1. The molecule has 0 spiro atoms. The first kappa shape index (κ1) is 25.1. The summed E-state index contributed by atoms with van der Waals surface area (Å²) in [4.78, 5) is 18.1. The van der Waals surface area contributed by atoms with Gasteiger partial charge in [-0.25, -0.2) is 14.6 Å². The van der Waals surface area contributed by atoms with Crippen molar-refractivity contribution < 1.29 is 13.2 Å². The number of hydrogen-bond donors (Lipinski definition) is 1. The molecule has 5 aromatic rings. The number of H-pyrrole nitrogens is 1. The van der Waals surface area contributed by atoms with Crippen LogP contribution in [0.5, 0.6) is 0 Å². The molecule has 0 unspecified atom stereocenters. The van der Waals surface area contributed by atoms with Gasteiger partial charge in [0.1, 0.15) is 0 Å². The summed E-state index contributed by atoms with van der Waals surface area (Å²) in [6, 6.07) is 8.42. The van der Waals surface area contributed by atoms with Crippen molar-refractivity contribution in [1.82, 2.24) is 29.7 Å². The molecule has 0 atom stereocenters. The Morgan fingerprint density at radius 2 is 1.69 bits per heavy atom. The second-order valence-electron chi connectivity index (χ2n) is 9.78. The molecule has 0 fully saturated rings. The van der Waals surface area contributed by atoms with Crippen LogP contribution in [0.3, 0.4) is 0 Å². The van der Waals surface area contributed by atoms with Crippen LogP contribution < -0.4 is 4.90 Å². The number of para-hydroxylation sites is 1. The van der Waals surface area contributed by atoms with Gasteiger partial charge in [-0.15, -0.1) is 0 Å². The molecule has 10 heteroatoms. The Morgan fingerprint density at radius 1 is 0.974 bits per heavy atom. The van der Waals surface area contributed by atoms with Crippen LogP contribution in [-0.4, -0.2) is 36.3 Å². The van der Waals surface area contributed by atoms with Gasteiger partial charge < -0.3 is 9.88 Å². The Hall–Kier alpha value is -4.21. The van der Waals surface area contributed by atoms with Crippen molar-refractivity contribution in [2.24, 2.45) is 0 Å². The highest BCUT2D eigenvalue weighted by molar-refractivity contribution is 5.96. The fourth-order valence-electron chi connectivity index (χ4n) is 5.48. The zero-order valence-corrected chi connectivity index (χ0v) is 22.0. The number of halogens is 3. The minimum Gasteiger partial charge on any atom is -0.360 e. The summed E-state index contributed by atoms with van der Waals surface area (Å²) in [6.45, 7) is 7.23. The van der Waals surface area contributed by atoms with E-state index in [0.717, 1.165) is 70.0 Å². The van der Waals surface area contributed by atoms with E-state index in [0.29, 0.717) is 19.5 Å². The van der Waals surface area contributed by atoms with E-state index >= 15 is 0 Å². The topological polar surface area (TPSA) is 75.5 Å². The third-order valence-corrected chi connectivity index (χ3v) is 7.50. The number of rotatable bonds is 5. The average molecular weight is 532 g/mol. The standard InChI is InChI=1S/C29H28F3N7/c1-4-18-7-6-8-19(5-2)26(18)39-27(22-15-34-17(3)25-21(22)9-11-33-25)23-16-38(12-10-24(23)37-39)28-35-13-20(14-36-28)29(30,31)32/h6-9,11,13-15,33H,4-5,10,12,16H2,1-3H3. The molecule has 0 radical (unpaired) electrons. The lowest BCUT2D eigenvalue weighted by Gasteiger charge is -2.27. The van der Waals surface area contributed by atoms with E-state index in [4.69, 9.17) is 10.1 Å². The highest BCUT2D eigenvalue weighted by atomic mass is 19.4. The molecule has 0 bridgehead atoms. The van der Waals surface area contributed by atoms with E-state index in [1.165, 1.54) is 11.1 Å². The predicted octanol–water partition coefficient (Wildman–Crippen LogP) is 6.22. The molecule has 39 heavy (non-hydrogen) atoms. The zero-order valence-electron chi connectivity index (χ0n) is 22.0. The Kier molecular flexibility index (Phi) is 6.12. The second kappa shape index (κ2) is 9.52. The number of nitrogens with zero attached hydrogens (tertiary/aromatic N) is 6. The molecule has 0 aliphatic carbocycles. The van der Waals surface area contributed by atoms with Crippen LogP contribution in [0.2, 0.25) is 0 Å². The molecule has 0 saturated carbocycles. The number of anilines is 1. The number of alkyl halides is 3. The molecule has 200 valence electrons. The minimum absolute atomic E-state index is 0.268. The van der Waals surface area contributed by atoms with Crippen molar-refractivity contribution in [3.8, 4) is 16.9 Å². The third-order valence-electron chi connectivity index (χ3n) is 7.50. The first-order chi connectivity index (χ1) is 18.8. The van der Waals surface area contributed by atoms with E-state index in [2.05, 4.69) is 57.7 Å². The minimum atomic E-state index is -4.48. The van der Waals surface area contributed by atoms with Crippen LogP contribution in [0.1, 0.15) is 47.5 Å². The quantitative estimate of drug-likeness (QED) is 0.291. The number of aryl methyl sites for hydroxylation is 3. The highest BCUT2D eigenvalue weighted by Gasteiger charge is 2.33. The van der Waals surface area contributed by atoms with E-state index in [1.54, 1.807) is 0 Å². The zero-order chi connectivity index (χ0) is 27.3. The van der Waals surface area contributed by atoms with Gasteiger partial charge >= 0.3 is 6.18 Å². The van der Waals surface area contributed by atoms with Crippen LogP contribution in [0.25, 0.3) is 27.8 Å². The van der Waals surface area contributed by atoms with Gasteiger partial charge in [-0.2, -0.15) is 18.3 Å². The molecule has 6 rings (SSSR count). The van der Waals surface area contributed by atoms with E-state index in [1.807, 2.05) is 24.2 Å². The Morgan fingerprint density at radius 3 is 2.36 bits per heavy atom. The summed E-state index contributed by atoms with van der Waals surface area (Å²) < 4.78 is 41.4. The molecule has 5 heterocycles. The van der Waals surface area contributed by atoms with E-state index in [9.17, 15) is 13.2 Å². The lowest BCUT2D eigenvalue weighted by Crippen LogP contribution is -2.31. The molecule has 0 saturated heterocycles. The fourth-order valence-corrected chi connectivity index (χ4v) is 5.48. The van der Waals surface area contributed by atoms with Crippen LogP contribution in [0.15, 0.2) is 49.1 Å². The molecule has 7 nitrogen and oxygen atoms in total. The van der Waals surface area contributed by atoms with Crippen molar-refractivity contribution in [2.45, 2.75) is 52.8 Å². The van der Waals surface area contributed by atoms with Gasteiger partial charge in [-0.05, 0) is 37.0 Å². The Balaban J connectivity index is 1.55. The molecular weight excluding hydrogens is 503 g/mol. The lowest BCUT2D eigenvalue weighted by molar-refractivity contribution is -0.138. The SMILES string of the molecule is CCc1cccc(CC)c1-n1nc2c(c1-c1cnc(C)c3[nH]ccc13)CN(c1ncc(C(F)(F)F)cn1)CC2. The first-order valence-corrected chi connectivity index (χ1v) is 13.1. The number of aromatic nitrogens is 6. The molecule has 1 N–H and O–H groups in total. The summed E-state index contributed by atoms with van der Waals surface area (Å²) in [7, 11) is 0. The van der Waals surface area contributed by atoms with Gasteiger partial charge in [-0.1, -0.05) is 32.0 Å². The summed E-state index contributed by atoms with van der Waals surface area (Å²) in [5.41, 5.74) is 8.34. The van der Waals surface area contributed by atoms with Crippen molar-refractivity contribution in [3.63, 3.8) is 0 Å². The predicted molar refractivity (Wildman–Crippen MR) is 144 cm³/mol. The normalized spacial score (nSPS) is 13.7. The lowest BCUT2D eigenvalue weighted by atomic mass is 9.98. The smallest absolute Gasteiger partial charge is 0.360 e. The monoisotopic (exact) mass is 531 g/mol. The summed E-state index contributed by atoms with van der Waals surface area (Å²) in [5, 5.41) is 6.21. The van der Waals surface area contributed by atoms with Crippen LogP contribution in [-0.2, 0) is 32.0 Å². The number of pyridine rings is 1.